The molecular formula is C23H26Br2N2O3. The van der Waals surface area contributed by atoms with Gasteiger partial charge in [-0.25, -0.2) is 9.69 Å². The molecule has 1 fully saturated rings. The Hall–Kier alpha value is -1.70. The van der Waals surface area contributed by atoms with E-state index in [4.69, 9.17) is 0 Å². The van der Waals surface area contributed by atoms with Crippen molar-refractivity contribution < 1.29 is 14.7 Å². The predicted molar refractivity (Wildman–Crippen MR) is 127 cm³/mol. The summed E-state index contributed by atoms with van der Waals surface area (Å²) in [6.45, 7) is 2.17. The Morgan fingerprint density at radius 1 is 0.800 bits per heavy atom. The van der Waals surface area contributed by atoms with E-state index >= 15 is 0 Å². The van der Waals surface area contributed by atoms with E-state index in [2.05, 4.69) is 38.8 Å². The first-order chi connectivity index (χ1) is 14.4. The Labute approximate surface area is 194 Å². The number of hydrogen-bond donors (Lipinski definition) is 1. The molecule has 1 atom stereocenters. The van der Waals surface area contributed by atoms with Gasteiger partial charge in [-0.3, -0.25) is 9.69 Å². The fraction of sp³-hybridized carbons (Fsp3) is 0.391. The van der Waals surface area contributed by atoms with E-state index in [0.717, 1.165) is 39.5 Å². The SMILES string of the molecule is CCCCCCCCC1(O)C(=O)N(c2ccc(Br)cc2)C(=O)N1c1ccc(Br)cc1. The molecule has 0 radical (unpaired) electrons. The van der Waals surface area contributed by atoms with Crippen molar-refractivity contribution in [3.05, 3.63) is 57.5 Å². The normalized spacial score (nSPS) is 19.1. The average molecular weight is 538 g/mol. The first-order valence-electron chi connectivity index (χ1n) is 10.3. The lowest BCUT2D eigenvalue weighted by Crippen LogP contribution is -2.50. The van der Waals surface area contributed by atoms with E-state index in [1.165, 1.54) is 11.3 Å². The summed E-state index contributed by atoms with van der Waals surface area (Å²) in [6, 6.07) is 13.4. The number of benzene rings is 2. The lowest BCUT2D eigenvalue weighted by Gasteiger charge is -2.30. The predicted octanol–water partition coefficient (Wildman–Crippen LogP) is 6.62. The summed E-state index contributed by atoms with van der Waals surface area (Å²) in [5, 5.41) is 11.5. The second kappa shape index (κ2) is 10.1. The topological polar surface area (TPSA) is 60.9 Å². The highest BCUT2D eigenvalue weighted by atomic mass is 79.9. The van der Waals surface area contributed by atoms with Crippen molar-refractivity contribution in [3.8, 4) is 0 Å². The number of amides is 3. The number of rotatable bonds is 9. The summed E-state index contributed by atoms with van der Waals surface area (Å²) in [6.07, 6.45) is 6.33. The Kier molecular flexibility index (Phi) is 7.71. The molecule has 160 valence electrons. The van der Waals surface area contributed by atoms with Gasteiger partial charge in [-0.1, -0.05) is 70.9 Å². The highest BCUT2D eigenvalue weighted by Crippen LogP contribution is 2.38. The quantitative estimate of drug-likeness (QED) is 0.288. The maximum Gasteiger partial charge on any atom is 0.338 e. The van der Waals surface area contributed by atoms with Crippen molar-refractivity contribution in [2.75, 3.05) is 9.80 Å². The lowest BCUT2D eigenvalue weighted by atomic mass is 10.0. The minimum atomic E-state index is -1.90. The van der Waals surface area contributed by atoms with E-state index < -0.39 is 17.7 Å². The minimum Gasteiger partial charge on any atom is -0.363 e. The Morgan fingerprint density at radius 3 is 1.87 bits per heavy atom. The van der Waals surface area contributed by atoms with Gasteiger partial charge in [-0.2, -0.15) is 0 Å². The number of unbranched alkanes of at least 4 members (excludes halogenated alkanes) is 5. The molecule has 2 aromatic carbocycles. The molecule has 1 aliphatic rings. The molecule has 3 amide bonds. The van der Waals surface area contributed by atoms with Gasteiger partial charge in [0, 0.05) is 21.1 Å². The third-order valence-corrected chi connectivity index (χ3v) is 6.40. The van der Waals surface area contributed by atoms with Crippen LogP contribution in [-0.4, -0.2) is 22.8 Å². The van der Waals surface area contributed by atoms with Gasteiger partial charge in [0.1, 0.15) is 0 Å². The average Bonchev–Trinajstić information content (AvgIpc) is 2.92. The van der Waals surface area contributed by atoms with Crippen LogP contribution in [-0.2, 0) is 4.79 Å². The highest BCUT2D eigenvalue weighted by Gasteiger charge is 2.57. The number of hydrogen-bond acceptors (Lipinski definition) is 3. The summed E-state index contributed by atoms with van der Waals surface area (Å²) in [7, 11) is 0. The molecule has 2 aromatic rings. The Bertz CT molecular complexity index is 886. The Morgan fingerprint density at radius 2 is 1.30 bits per heavy atom. The van der Waals surface area contributed by atoms with Crippen LogP contribution in [0.5, 0.6) is 0 Å². The number of nitrogens with zero attached hydrogens (tertiary/aromatic N) is 2. The third kappa shape index (κ3) is 4.79. The molecule has 1 aliphatic heterocycles. The van der Waals surface area contributed by atoms with Gasteiger partial charge >= 0.3 is 6.03 Å². The van der Waals surface area contributed by atoms with E-state index in [9.17, 15) is 14.7 Å². The third-order valence-electron chi connectivity index (χ3n) is 5.35. The largest absolute Gasteiger partial charge is 0.363 e. The van der Waals surface area contributed by atoms with Gasteiger partial charge in [0.15, 0.2) is 0 Å². The number of carbonyl (C=O) groups excluding carboxylic acids is 2. The zero-order valence-corrected chi connectivity index (χ0v) is 20.2. The smallest absolute Gasteiger partial charge is 0.338 e. The van der Waals surface area contributed by atoms with Gasteiger partial charge in [0.05, 0.1) is 5.69 Å². The molecular weight excluding hydrogens is 512 g/mol. The molecule has 0 aliphatic carbocycles. The molecule has 0 spiro atoms. The summed E-state index contributed by atoms with van der Waals surface area (Å²) in [4.78, 5) is 29.0. The summed E-state index contributed by atoms with van der Waals surface area (Å²) < 4.78 is 1.70. The zero-order chi connectivity index (χ0) is 21.7. The standard InChI is InChI=1S/C23H26Br2N2O3/c1-2-3-4-5-6-7-16-23(30)21(28)26(19-12-8-17(24)9-13-19)22(29)27(23)20-14-10-18(25)11-15-20/h8-15,30H,2-7,16H2,1H3. The molecule has 1 unspecified atom stereocenters. The van der Waals surface area contributed by atoms with E-state index in [1.54, 1.807) is 48.5 Å². The molecule has 1 saturated heterocycles. The number of carbonyl (C=O) groups is 2. The van der Waals surface area contributed by atoms with E-state index in [0.29, 0.717) is 17.8 Å². The van der Waals surface area contributed by atoms with Gasteiger partial charge in [-0.05, 0) is 55.0 Å². The molecule has 7 heteroatoms. The molecule has 3 rings (SSSR count). The van der Waals surface area contributed by atoms with Crippen LogP contribution < -0.4 is 9.80 Å². The van der Waals surface area contributed by atoms with Crippen LogP contribution in [0.15, 0.2) is 57.5 Å². The second-order valence-corrected chi connectivity index (χ2v) is 9.38. The monoisotopic (exact) mass is 536 g/mol. The number of halogens is 2. The number of urea groups is 1. The van der Waals surface area contributed by atoms with Crippen molar-refractivity contribution in [2.24, 2.45) is 0 Å². The lowest BCUT2D eigenvalue weighted by molar-refractivity contribution is -0.133. The van der Waals surface area contributed by atoms with Crippen LogP contribution in [0.25, 0.3) is 0 Å². The molecule has 0 aromatic heterocycles. The molecule has 5 nitrogen and oxygen atoms in total. The molecule has 0 saturated carbocycles. The minimum absolute atomic E-state index is 0.201. The van der Waals surface area contributed by atoms with Crippen molar-refractivity contribution in [2.45, 2.75) is 57.6 Å². The second-order valence-electron chi connectivity index (χ2n) is 7.55. The highest BCUT2D eigenvalue weighted by molar-refractivity contribution is 9.10. The van der Waals surface area contributed by atoms with Gasteiger partial charge < -0.3 is 5.11 Å². The molecule has 1 N–H and O–H groups in total. The van der Waals surface area contributed by atoms with Gasteiger partial charge in [-0.15, -0.1) is 0 Å². The maximum atomic E-state index is 13.3. The van der Waals surface area contributed by atoms with E-state index in [-0.39, 0.29) is 6.42 Å². The van der Waals surface area contributed by atoms with Crippen molar-refractivity contribution in [1.29, 1.82) is 0 Å². The summed E-state index contributed by atoms with van der Waals surface area (Å²) in [5.74, 6) is -0.605. The zero-order valence-electron chi connectivity index (χ0n) is 17.0. The fourth-order valence-electron chi connectivity index (χ4n) is 3.72. The Balaban J connectivity index is 1.89. The molecule has 0 bridgehead atoms. The fourth-order valence-corrected chi connectivity index (χ4v) is 4.25. The maximum absolute atomic E-state index is 13.3. The van der Waals surface area contributed by atoms with Gasteiger partial charge in [0.25, 0.3) is 5.91 Å². The molecule has 30 heavy (non-hydrogen) atoms. The molecule has 1 heterocycles. The number of imide groups is 1. The summed E-state index contributed by atoms with van der Waals surface area (Å²) in [5.41, 5.74) is -0.971. The van der Waals surface area contributed by atoms with Crippen molar-refractivity contribution in [3.63, 3.8) is 0 Å². The van der Waals surface area contributed by atoms with Crippen LogP contribution >= 0.6 is 31.9 Å². The van der Waals surface area contributed by atoms with Crippen LogP contribution in [0, 0.1) is 0 Å². The first kappa shape index (κ1) is 23.0. The van der Waals surface area contributed by atoms with Crippen LogP contribution in [0.2, 0.25) is 0 Å². The van der Waals surface area contributed by atoms with Crippen molar-refractivity contribution in [1.82, 2.24) is 0 Å². The summed E-state index contributed by atoms with van der Waals surface area (Å²) >= 11 is 6.76. The van der Waals surface area contributed by atoms with Crippen LogP contribution in [0.3, 0.4) is 0 Å². The van der Waals surface area contributed by atoms with E-state index in [1.807, 2.05) is 0 Å². The number of aliphatic hydroxyl groups is 1. The van der Waals surface area contributed by atoms with Crippen molar-refractivity contribution >= 4 is 55.2 Å². The van der Waals surface area contributed by atoms with Crippen LogP contribution in [0.4, 0.5) is 16.2 Å². The van der Waals surface area contributed by atoms with Gasteiger partial charge in [0.2, 0.25) is 5.72 Å². The van der Waals surface area contributed by atoms with Crippen LogP contribution in [0.1, 0.15) is 51.9 Å². The number of anilines is 2. The first-order valence-corrected chi connectivity index (χ1v) is 11.9.